The van der Waals surface area contributed by atoms with Crippen molar-refractivity contribution in [2.75, 3.05) is 6.35 Å². The molecule has 0 amide bonds. The van der Waals surface area contributed by atoms with Gasteiger partial charge in [0.1, 0.15) is 34.5 Å². The van der Waals surface area contributed by atoms with Gasteiger partial charge in [-0.2, -0.15) is 0 Å². The molecule has 2 unspecified atom stereocenters. The van der Waals surface area contributed by atoms with Crippen LogP contribution < -0.4 is 4.74 Å². The zero-order chi connectivity index (χ0) is 21.1. The Hall–Kier alpha value is -1.08. The summed E-state index contributed by atoms with van der Waals surface area (Å²) in [4.78, 5) is 9.49. The molecule has 0 radical (unpaired) electrons. The zero-order valence-corrected chi connectivity index (χ0v) is 20.0. The molecule has 5 nitrogen and oxygen atoms in total. The van der Waals surface area contributed by atoms with Crippen LogP contribution >= 0.6 is 30.6 Å². The summed E-state index contributed by atoms with van der Waals surface area (Å²) in [5.74, 6) is 1.23. The fourth-order valence-electron chi connectivity index (χ4n) is 3.28. The third-order valence-electron chi connectivity index (χ3n) is 5.09. The topological polar surface area (TPSA) is 76.0 Å². The lowest BCUT2D eigenvalue weighted by atomic mass is 9.90. The van der Waals surface area contributed by atoms with E-state index in [2.05, 4.69) is 22.8 Å². The first-order chi connectivity index (χ1) is 13.1. The van der Waals surface area contributed by atoms with Gasteiger partial charge < -0.3 is 14.7 Å². The van der Waals surface area contributed by atoms with E-state index in [1.54, 1.807) is 0 Å². The number of aryl methyl sites for hydroxylation is 3. The SMILES string of the molecule is CCC(C)c1cc(Cc2c(C)cc(OCP(=O)(O)OI)cc2C)cc(C)c1O. The minimum Gasteiger partial charge on any atom is -0.507 e. The molecule has 0 aliphatic rings. The minimum absolute atomic E-state index is 0.297. The lowest BCUT2D eigenvalue weighted by Gasteiger charge is -2.18. The molecule has 0 spiro atoms. The summed E-state index contributed by atoms with van der Waals surface area (Å²) in [6.45, 7) is 10.2. The molecule has 0 aromatic heterocycles. The standard InChI is InChI=1S/C21H28IO5P/c1-6-13(2)20-11-17(7-16(5)21(20)23)10-19-14(3)8-18(9-15(19)4)26-12-28(24,25)27-22/h7-9,11,13,23H,6,10,12H2,1-5H3,(H,24,25). The van der Waals surface area contributed by atoms with Gasteiger partial charge in [-0.1, -0.05) is 26.0 Å². The highest BCUT2D eigenvalue weighted by atomic mass is 127. The van der Waals surface area contributed by atoms with Crippen LogP contribution in [0.2, 0.25) is 0 Å². The summed E-state index contributed by atoms with van der Waals surface area (Å²) in [7, 11) is -3.72. The van der Waals surface area contributed by atoms with Crippen LogP contribution in [-0.2, 0) is 13.8 Å². The van der Waals surface area contributed by atoms with Crippen LogP contribution in [0.5, 0.6) is 11.5 Å². The molecule has 0 saturated carbocycles. The van der Waals surface area contributed by atoms with Gasteiger partial charge in [0.05, 0.1) is 0 Å². The number of phenolic OH excluding ortho intramolecular Hbond substituents is 1. The summed E-state index contributed by atoms with van der Waals surface area (Å²) in [6, 6.07) is 7.88. The van der Waals surface area contributed by atoms with Gasteiger partial charge in [0, 0.05) is 0 Å². The maximum absolute atomic E-state index is 11.6. The fourth-order valence-corrected chi connectivity index (χ4v) is 3.97. The normalized spacial score (nSPS) is 14.5. The van der Waals surface area contributed by atoms with E-state index in [1.165, 1.54) is 28.6 Å². The largest absolute Gasteiger partial charge is 0.507 e. The number of hydrogen-bond acceptors (Lipinski definition) is 4. The summed E-state index contributed by atoms with van der Waals surface area (Å²) >= 11 is 1.41. The smallest absolute Gasteiger partial charge is 0.374 e. The van der Waals surface area contributed by atoms with Crippen LogP contribution in [0.4, 0.5) is 0 Å². The van der Waals surface area contributed by atoms with Crippen molar-refractivity contribution < 1.29 is 22.2 Å². The molecular formula is C21H28IO5P. The molecule has 0 aliphatic carbocycles. The third-order valence-corrected chi connectivity index (χ3v) is 7.60. The molecule has 0 bridgehead atoms. The monoisotopic (exact) mass is 518 g/mol. The van der Waals surface area contributed by atoms with Crippen LogP contribution in [0.25, 0.3) is 0 Å². The molecule has 2 atom stereocenters. The summed E-state index contributed by atoms with van der Waals surface area (Å²) in [6.07, 6.45) is 1.33. The van der Waals surface area contributed by atoms with E-state index in [0.717, 1.165) is 40.7 Å². The van der Waals surface area contributed by atoms with Crippen LogP contribution in [0.15, 0.2) is 24.3 Å². The molecule has 2 rings (SSSR count). The minimum atomic E-state index is -3.72. The van der Waals surface area contributed by atoms with E-state index in [4.69, 9.17) is 4.74 Å². The molecule has 0 aliphatic heterocycles. The fraction of sp³-hybridized carbons (Fsp3) is 0.429. The number of rotatable bonds is 8. The molecule has 0 saturated heterocycles. The Balaban J connectivity index is 2.30. The molecule has 2 aromatic carbocycles. The van der Waals surface area contributed by atoms with Gasteiger partial charge in [0.2, 0.25) is 0 Å². The number of aromatic hydroxyl groups is 1. The number of hydrogen-bond donors (Lipinski definition) is 2. The Morgan fingerprint density at radius 3 is 2.25 bits per heavy atom. The van der Waals surface area contributed by atoms with Gasteiger partial charge in [-0.05, 0) is 85.0 Å². The highest BCUT2D eigenvalue weighted by Gasteiger charge is 2.20. The van der Waals surface area contributed by atoms with Crippen molar-refractivity contribution in [2.24, 2.45) is 0 Å². The van der Waals surface area contributed by atoms with Crippen molar-refractivity contribution in [1.82, 2.24) is 0 Å². The van der Waals surface area contributed by atoms with E-state index >= 15 is 0 Å². The van der Waals surface area contributed by atoms with E-state index in [1.807, 2.05) is 39.0 Å². The number of halogens is 1. The first-order valence-corrected chi connectivity index (χ1v) is 11.9. The lowest BCUT2D eigenvalue weighted by Crippen LogP contribution is -2.03. The molecule has 2 N–H and O–H groups in total. The van der Waals surface area contributed by atoms with Gasteiger partial charge in [-0.25, -0.2) is 2.85 Å². The number of phenols is 1. The quantitative estimate of drug-likeness (QED) is 0.317. The molecule has 7 heteroatoms. The Morgan fingerprint density at radius 2 is 1.71 bits per heavy atom. The second-order valence-corrected chi connectivity index (χ2v) is 10.2. The Morgan fingerprint density at radius 1 is 1.11 bits per heavy atom. The maximum atomic E-state index is 11.6. The average Bonchev–Trinajstić information content (AvgIpc) is 2.65. The Bertz CT molecular complexity index is 874. The molecule has 0 fully saturated rings. The van der Waals surface area contributed by atoms with Crippen molar-refractivity contribution in [3.05, 3.63) is 57.6 Å². The van der Waals surface area contributed by atoms with Gasteiger partial charge in [0.15, 0.2) is 6.35 Å². The van der Waals surface area contributed by atoms with Gasteiger partial charge in [-0.3, -0.25) is 4.57 Å². The summed E-state index contributed by atoms with van der Waals surface area (Å²) in [5.41, 5.74) is 6.32. The Labute approximate surface area is 181 Å². The predicted molar refractivity (Wildman–Crippen MR) is 121 cm³/mol. The van der Waals surface area contributed by atoms with Crippen LogP contribution in [0.1, 0.15) is 59.6 Å². The first kappa shape index (κ1) is 23.2. The Kier molecular flexibility index (Phi) is 7.97. The molecular weight excluding hydrogens is 490 g/mol. The maximum Gasteiger partial charge on any atom is 0.374 e. The third kappa shape index (κ3) is 5.72. The van der Waals surface area contributed by atoms with E-state index in [0.29, 0.717) is 17.4 Å². The van der Waals surface area contributed by atoms with Crippen molar-refractivity contribution in [3.63, 3.8) is 0 Å². The first-order valence-electron chi connectivity index (χ1n) is 9.25. The van der Waals surface area contributed by atoms with Gasteiger partial charge in [0.25, 0.3) is 0 Å². The summed E-state index contributed by atoms with van der Waals surface area (Å²) < 4.78 is 21.6. The second kappa shape index (κ2) is 9.61. The van der Waals surface area contributed by atoms with Crippen LogP contribution in [0.3, 0.4) is 0 Å². The predicted octanol–water partition coefficient (Wildman–Crippen LogP) is 6.31. The van der Waals surface area contributed by atoms with Gasteiger partial charge in [-0.15, -0.1) is 0 Å². The van der Waals surface area contributed by atoms with Crippen LogP contribution in [-0.4, -0.2) is 16.3 Å². The van der Waals surface area contributed by atoms with E-state index < -0.39 is 7.60 Å². The van der Waals surface area contributed by atoms with E-state index in [9.17, 15) is 14.6 Å². The molecule has 154 valence electrons. The molecule has 28 heavy (non-hydrogen) atoms. The highest BCUT2D eigenvalue weighted by Crippen LogP contribution is 2.44. The van der Waals surface area contributed by atoms with E-state index in [-0.39, 0.29) is 6.35 Å². The van der Waals surface area contributed by atoms with Crippen molar-refractivity contribution >= 4 is 30.6 Å². The van der Waals surface area contributed by atoms with Crippen molar-refractivity contribution in [2.45, 2.75) is 53.4 Å². The lowest BCUT2D eigenvalue weighted by molar-refractivity contribution is 0.321. The summed E-state index contributed by atoms with van der Waals surface area (Å²) in [5, 5.41) is 10.4. The van der Waals surface area contributed by atoms with Gasteiger partial charge >= 0.3 is 7.60 Å². The van der Waals surface area contributed by atoms with Crippen molar-refractivity contribution in [3.8, 4) is 11.5 Å². The highest BCUT2D eigenvalue weighted by molar-refractivity contribution is 14.1. The number of ether oxygens (including phenoxy) is 1. The zero-order valence-electron chi connectivity index (χ0n) is 17.0. The number of benzene rings is 2. The van der Waals surface area contributed by atoms with Crippen molar-refractivity contribution in [1.29, 1.82) is 0 Å². The average molecular weight is 518 g/mol. The second-order valence-electron chi connectivity index (χ2n) is 7.35. The molecule has 2 aromatic rings. The van der Waals surface area contributed by atoms with Crippen LogP contribution in [0, 0.1) is 20.8 Å². The molecule has 0 heterocycles.